The zero-order valence-electron chi connectivity index (χ0n) is 13.7. The van der Waals surface area contributed by atoms with Crippen molar-refractivity contribution in [1.29, 1.82) is 0 Å². The predicted molar refractivity (Wildman–Crippen MR) is 94.0 cm³/mol. The zero-order valence-corrected chi connectivity index (χ0v) is 14.5. The van der Waals surface area contributed by atoms with Crippen LogP contribution < -0.4 is 16.2 Å². The molecule has 3 rings (SSSR count). The molecule has 0 bridgehead atoms. The molecule has 2 aromatic rings. The number of hydrazine groups is 1. The van der Waals surface area contributed by atoms with E-state index < -0.39 is 17.9 Å². The van der Waals surface area contributed by atoms with E-state index in [9.17, 15) is 14.4 Å². The molecule has 136 valence electrons. The van der Waals surface area contributed by atoms with Gasteiger partial charge in [-0.1, -0.05) is 17.7 Å². The van der Waals surface area contributed by atoms with E-state index in [1.54, 1.807) is 41.3 Å². The van der Waals surface area contributed by atoms with Crippen LogP contribution >= 0.6 is 11.6 Å². The summed E-state index contributed by atoms with van der Waals surface area (Å²) in [7, 11) is 0. The Hall–Kier alpha value is -3.00. The third kappa shape index (κ3) is 4.54. The number of nitrogens with zero attached hydrogens (tertiary/aromatic N) is 1. The molecular formula is C17H17ClN4O4. The van der Waals surface area contributed by atoms with Gasteiger partial charge >= 0.3 is 6.03 Å². The molecule has 9 heteroatoms. The van der Waals surface area contributed by atoms with Crippen molar-refractivity contribution in [2.75, 3.05) is 11.9 Å². The molecule has 0 saturated carbocycles. The van der Waals surface area contributed by atoms with Crippen molar-refractivity contribution in [3.05, 3.63) is 53.4 Å². The first kappa shape index (κ1) is 17.8. The predicted octanol–water partition coefficient (Wildman–Crippen LogP) is 2.13. The highest BCUT2D eigenvalue weighted by Gasteiger charge is 2.34. The third-order valence-corrected chi connectivity index (χ3v) is 4.13. The van der Waals surface area contributed by atoms with Gasteiger partial charge < -0.3 is 14.6 Å². The fourth-order valence-corrected chi connectivity index (χ4v) is 2.83. The Morgan fingerprint density at radius 3 is 2.81 bits per heavy atom. The average Bonchev–Trinajstić information content (AvgIpc) is 3.23. The van der Waals surface area contributed by atoms with Crippen LogP contribution in [0.4, 0.5) is 10.5 Å². The smallest absolute Gasteiger partial charge is 0.337 e. The van der Waals surface area contributed by atoms with Crippen LogP contribution in [0.25, 0.3) is 0 Å². The van der Waals surface area contributed by atoms with Crippen molar-refractivity contribution in [2.24, 2.45) is 5.92 Å². The Bertz CT molecular complexity index is 809. The standard InChI is InChI=1S/C17H17ClN4O4/c18-12-3-1-4-13(8-12)19-17(25)21-20-16(24)11-7-15(23)22(9-11)10-14-5-2-6-26-14/h1-6,8,11H,7,9-10H2,(H,20,24)(H2,19,21,25). The van der Waals surface area contributed by atoms with Gasteiger partial charge in [0.2, 0.25) is 11.8 Å². The first-order chi connectivity index (χ1) is 12.5. The SMILES string of the molecule is O=C(NNC(=O)C1CC(=O)N(Cc2ccco2)C1)Nc1cccc(Cl)c1. The third-order valence-electron chi connectivity index (χ3n) is 3.89. The van der Waals surface area contributed by atoms with Gasteiger partial charge in [0.15, 0.2) is 0 Å². The van der Waals surface area contributed by atoms with Crippen molar-refractivity contribution in [3.8, 4) is 0 Å². The molecule has 0 aliphatic carbocycles. The summed E-state index contributed by atoms with van der Waals surface area (Å²) >= 11 is 5.84. The lowest BCUT2D eigenvalue weighted by Gasteiger charge is -2.15. The average molecular weight is 377 g/mol. The number of furan rings is 1. The van der Waals surface area contributed by atoms with Crippen molar-refractivity contribution in [3.63, 3.8) is 0 Å². The van der Waals surface area contributed by atoms with Crippen LogP contribution in [-0.4, -0.2) is 29.3 Å². The number of carbonyl (C=O) groups is 3. The lowest BCUT2D eigenvalue weighted by atomic mass is 10.1. The highest BCUT2D eigenvalue weighted by Crippen LogP contribution is 2.20. The number of anilines is 1. The highest BCUT2D eigenvalue weighted by molar-refractivity contribution is 6.30. The number of likely N-dealkylation sites (tertiary alicyclic amines) is 1. The molecule has 8 nitrogen and oxygen atoms in total. The molecule has 1 unspecified atom stereocenters. The van der Waals surface area contributed by atoms with Crippen molar-refractivity contribution >= 4 is 35.1 Å². The van der Waals surface area contributed by atoms with Gasteiger partial charge in [-0.15, -0.1) is 0 Å². The molecule has 1 aromatic carbocycles. The fourth-order valence-electron chi connectivity index (χ4n) is 2.64. The van der Waals surface area contributed by atoms with Gasteiger partial charge in [0, 0.05) is 23.7 Å². The maximum absolute atomic E-state index is 12.2. The van der Waals surface area contributed by atoms with Gasteiger partial charge in [-0.3, -0.25) is 15.0 Å². The number of hydrogen-bond acceptors (Lipinski definition) is 4. The van der Waals surface area contributed by atoms with Crippen LogP contribution in [-0.2, 0) is 16.1 Å². The fraction of sp³-hybridized carbons (Fsp3) is 0.235. The molecule has 1 saturated heterocycles. The molecular weight excluding hydrogens is 360 g/mol. The van der Waals surface area contributed by atoms with E-state index in [0.29, 0.717) is 23.0 Å². The highest BCUT2D eigenvalue weighted by atomic mass is 35.5. The Morgan fingerprint density at radius 2 is 2.08 bits per heavy atom. The quantitative estimate of drug-likeness (QED) is 0.711. The minimum atomic E-state index is -0.614. The Kier molecular flexibility index (Phi) is 5.43. The number of benzene rings is 1. The molecule has 0 radical (unpaired) electrons. The second-order valence-electron chi connectivity index (χ2n) is 5.83. The molecule has 0 spiro atoms. The Morgan fingerprint density at radius 1 is 1.23 bits per heavy atom. The van der Waals surface area contributed by atoms with Gasteiger partial charge in [-0.2, -0.15) is 0 Å². The topological polar surface area (TPSA) is 104 Å². The lowest BCUT2D eigenvalue weighted by Crippen LogP contribution is -2.46. The number of rotatable bonds is 4. The molecule has 1 fully saturated rings. The number of nitrogens with one attached hydrogen (secondary N) is 3. The number of urea groups is 1. The van der Waals surface area contributed by atoms with Gasteiger partial charge in [0.05, 0.1) is 18.7 Å². The molecule has 26 heavy (non-hydrogen) atoms. The van der Waals surface area contributed by atoms with Crippen molar-refractivity contribution < 1.29 is 18.8 Å². The van der Waals surface area contributed by atoms with Gasteiger partial charge in [-0.05, 0) is 30.3 Å². The lowest BCUT2D eigenvalue weighted by molar-refractivity contribution is -0.129. The van der Waals surface area contributed by atoms with Crippen LogP contribution in [0.2, 0.25) is 5.02 Å². The van der Waals surface area contributed by atoms with E-state index in [1.165, 1.54) is 6.26 Å². The minimum Gasteiger partial charge on any atom is -0.467 e. The number of halogens is 1. The molecule has 2 heterocycles. The summed E-state index contributed by atoms with van der Waals surface area (Å²) in [6.07, 6.45) is 1.62. The van der Waals surface area contributed by atoms with Crippen molar-refractivity contribution in [1.82, 2.24) is 15.8 Å². The van der Waals surface area contributed by atoms with Crippen LogP contribution in [0.15, 0.2) is 47.1 Å². The molecule has 3 N–H and O–H groups in total. The number of carbonyl (C=O) groups excluding carboxylic acids is 3. The maximum Gasteiger partial charge on any atom is 0.337 e. The minimum absolute atomic E-state index is 0.0874. The molecule has 1 atom stereocenters. The normalized spacial score (nSPS) is 16.4. The second-order valence-corrected chi connectivity index (χ2v) is 6.27. The first-order valence-corrected chi connectivity index (χ1v) is 8.31. The Balaban J connectivity index is 1.46. The van der Waals surface area contributed by atoms with E-state index in [0.717, 1.165) is 0 Å². The van der Waals surface area contributed by atoms with Crippen LogP contribution in [0.1, 0.15) is 12.2 Å². The van der Waals surface area contributed by atoms with Crippen LogP contribution in [0.5, 0.6) is 0 Å². The summed E-state index contributed by atoms with van der Waals surface area (Å²) in [6.45, 7) is 0.585. The zero-order chi connectivity index (χ0) is 18.5. The van der Waals surface area contributed by atoms with Gasteiger partial charge in [-0.25, -0.2) is 10.2 Å². The van der Waals surface area contributed by atoms with E-state index >= 15 is 0 Å². The number of hydrogen-bond donors (Lipinski definition) is 3. The van der Waals surface area contributed by atoms with Gasteiger partial charge in [0.25, 0.3) is 0 Å². The summed E-state index contributed by atoms with van der Waals surface area (Å²) in [5, 5.41) is 3.02. The first-order valence-electron chi connectivity index (χ1n) is 7.94. The molecule has 1 aliphatic heterocycles. The largest absolute Gasteiger partial charge is 0.467 e. The van der Waals surface area contributed by atoms with E-state index in [1.807, 2.05) is 0 Å². The van der Waals surface area contributed by atoms with E-state index in [4.69, 9.17) is 16.0 Å². The summed E-state index contributed by atoms with van der Waals surface area (Å²) < 4.78 is 5.21. The van der Waals surface area contributed by atoms with Gasteiger partial charge in [0.1, 0.15) is 5.76 Å². The second kappa shape index (κ2) is 7.92. The summed E-state index contributed by atoms with van der Waals surface area (Å²) in [4.78, 5) is 37.6. The maximum atomic E-state index is 12.2. The van der Waals surface area contributed by atoms with Crippen molar-refractivity contribution in [2.45, 2.75) is 13.0 Å². The summed E-state index contributed by atoms with van der Waals surface area (Å²) in [5.41, 5.74) is 5.08. The van der Waals surface area contributed by atoms with Crippen LogP contribution in [0.3, 0.4) is 0 Å². The van der Waals surface area contributed by atoms with E-state index in [-0.39, 0.29) is 18.9 Å². The van der Waals surface area contributed by atoms with Crippen LogP contribution in [0, 0.1) is 5.92 Å². The number of amides is 4. The Labute approximate surface area is 154 Å². The monoisotopic (exact) mass is 376 g/mol. The summed E-state index contributed by atoms with van der Waals surface area (Å²) in [6, 6.07) is 9.50. The molecule has 1 aromatic heterocycles. The van der Waals surface area contributed by atoms with E-state index in [2.05, 4.69) is 16.2 Å². The molecule has 1 aliphatic rings. The summed E-state index contributed by atoms with van der Waals surface area (Å²) in [5.74, 6) is -0.450. The molecule has 4 amide bonds.